The standard InChI is InChI=1S/C12H18ClNO/c1-9-5-6-12(11(13)8-9)14-10(2)4-3-7-15/h5-6,8,10,14-15H,3-4,7H2,1-2H3. The molecule has 0 aliphatic carbocycles. The quantitative estimate of drug-likeness (QED) is 0.810. The summed E-state index contributed by atoms with van der Waals surface area (Å²) >= 11 is 6.10. The van der Waals surface area contributed by atoms with E-state index in [0.717, 1.165) is 29.1 Å². The molecule has 1 rings (SSSR count). The van der Waals surface area contributed by atoms with Gasteiger partial charge in [-0.3, -0.25) is 0 Å². The number of nitrogens with one attached hydrogen (secondary N) is 1. The van der Waals surface area contributed by atoms with Crippen LogP contribution in [0.2, 0.25) is 5.02 Å². The van der Waals surface area contributed by atoms with Crippen molar-refractivity contribution in [1.82, 2.24) is 0 Å². The summed E-state index contributed by atoms with van der Waals surface area (Å²) in [7, 11) is 0. The number of aliphatic hydroxyl groups is 1. The molecule has 1 atom stereocenters. The molecule has 0 aliphatic rings. The number of benzene rings is 1. The first kappa shape index (κ1) is 12.3. The van der Waals surface area contributed by atoms with E-state index in [4.69, 9.17) is 16.7 Å². The van der Waals surface area contributed by atoms with Crippen LogP contribution in [0.1, 0.15) is 25.3 Å². The lowest BCUT2D eigenvalue weighted by molar-refractivity contribution is 0.282. The fraction of sp³-hybridized carbons (Fsp3) is 0.500. The topological polar surface area (TPSA) is 32.3 Å². The van der Waals surface area contributed by atoms with E-state index < -0.39 is 0 Å². The van der Waals surface area contributed by atoms with Gasteiger partial charge in [0.05, 0.1) is 10.7 Å². The zero-order valence-electron chi connectivity index (χ0n) is 9.26. The molecular formula is C12H18ClNO. The highest BCUT2D eigenvalue weighted by Crippen LogP contribution is 2.23. The summed E-state index contributed by atoms with van der Waals surface area (Å²) in [4.78, 5) is 0. The number of hydrogen-bond acceptors (Lipinski definition) is 2. The molecule has 0 radical (unpaired) electrons. The van der Waals surface area contributed by atoms with E-state index in [0.29, 0.717) is 6.04 Å². The Labute approximate surface area is 96.3 Å². The van der Waals surface area contributed by atoms with E-state index in [1.165, 1.54) is 0 Å². The number of halogens is 1. The van der Waals surface area contributed by atoms with Gasteiger partial charge < -0.3 is 10.4 Å². The van der Waals surface area contributed by atoms with Crippen molar-refractivity contribution in [2.75, 3.05) is 11.9 Å². The molecule has 0 aliphatic heterocycles. The summed E-state index contributed by atoms with van der Waals surface area (Å²) in [5.74, 6) is 0. The van der Waals surface area contributed by atoms with Gasteiger partial charge in [-0.2, -0.15) is 0 Å². The Kier molecular flexibility index (Phi) is 4.92. The van der Waals surface area contributed by atoms with E-state index in [1.807, 2.05) is 25.1 Å². The molecule has 15 heavy (non-hydrogen) atoms. The second kappa shape index (κ2) is 5.99. The van der Waals surface area contributed by atoms with E-state index in [1.54, 1.807) is 0 Å². The Morgan fingerprint density at radius 1 is 1.47 bits per heavy atom. The maximum Gasteiger partial charge on any atom is 0.0640 e. The van der Waals surface area contributed by atoms with Crippen molar-refractivity contribution in [1.29, 1.82) is 0 Å². The minimum absolute atomic E-state index is 0.244. The van der Waals surface area contributed by atoms with E-state index in [9.17, 15) is 0 Å². The van der Waals surface area contributed by atoms with E-state index >= 15 is 0 Å². The van der Waals surface area contributed by atoms with Gasteiger partial charge in [0.25, 0.3) is 0 Å². The Hall–Kier alpha value is -0.730. The van der Waals surface area contributed by atoms with Gasteiger partial charge in [-0.1, -0.05) is 17.7 Å². The van der Waals surface area contributed by atoms with Crippen LogP contribution in [0.15, 0.2) is 18.2 Å². The Balaban J connectivity index is 2.56. The van der Waals surface area contributed by atoms with Crippen molar-refractivity contribution in [2.45, 2.75) is 32.7 Å². The van der Waals surface area contributed by atoms with Crippen LogP contribution in [-0.4, -0.2) is 17.8 Å². The van der Waals surface area contributed by atoms with E-state index in [-0.39, 0.29) is 6.61 Å². The number of aryl methyl sites for hydroxylation is 1. The van der Waals surface area contributed by atoms with E-state index in [2.05, 4.69) is 12.2 Å². The van der Waals surface area contributed by atoms with Gasteiger partial charge in [0, 0.05) is 12.6 Å². The molecule has 2 nitrogen and oxygen atoms in total. The average molecular weight is 228 g/mol. The lowest BCUT2D eigenvalue weighted by Crippen LogP contribution is -2.15. The normalized spacial score (nSPS) is 12.5. The van der Waals surface area contributed by atoms with Crippen LogP contribution in [0.5, 0.6) is 0 Å². The monoisotopic (exact) mass is 227 g/mol. The molecule has 0 fully saturated rings. The first-order chi connectivity index (χ1) is 7.13. The zero-order chi connectivity index (χ0) is 11.3. The summed E-state index contributed by atoms with van der Waals surface area (Å²) < 4.78 is 0. The molecule has 1 aromatic carbocycles. The molecule has 0 heterocycles. The SMILES string of the molecule is Cc1ccc(NC(C)CCCO)c(Cl)c1. The van der Waals surface area contributed by atoms with Crippen molar-refractivity contribution in [3.63, 3.8) is 0 Å². The highest BCUT2D eigenvalue weighted by atomic mass is 35.5. The predicted octanol–water partition coefficient (Wildman–Crippen LogP) is 3.22. The van der Waals surface area contributed by atoms with Gasteiger partial charge in [0.1, 0.15) is 0 Å². The van der Waals surface area contributed by atoms with Crippen molar-refractivity contribution in [2.24, 2.45) is 0 Å². The highest BCUT2D eigenvalue weighted by Gasteiger charge is 2.04. The van der Waals surface area contributed by atoms with Crippen LogP contribution in [0, 0.1) is 6.92 Å². The molecule has 1 aromatic rings. The number of hydrogen-bond donors (Lipinski definition) is 2. The van der Waals surface area contributed by atoms with Crippen LogP contribution >= 0.6 is 11.6 Å². The maximum absolute atomic E-state index is 8.72. The lowest BCUT2D eigenvalue weighted by atomic mass is 10.1. The van der Waals surface area contributed by atoms with Gasteiger partial charge >= 0.3 is 0 Å². The van der Waals surface area contributed by atoms with Crippen LogP contribution in [0.4, 0.5) is 5.69 Å². The van der Waals surface area contributed by atoms with Crippen molar-refractivity contribution < 1.29 is 5.11 Å². The van der Waals surface area contributed by atoms with Gasteiger partial charge in [-0.05, 0) is 44.4 Å². The highest BCUT2D eigenvalue weighted by molar-refractivity contribution is 6.33. The van der Waals surface area contributed by atoms with Gasteiger partial charge in [0.15, 0.2) is 0 Å². The maximum atomic E-state index is 8.72. The van der Waals surface area contributed by atoms with Crippen LogP contribution in [0.25, 0.3) is 0 Å². The van der Waals surface area contributed by atoms with Gasteiger partial charge in [-0.15, -0.1) is 0 Å². The van der Waals surface area contributed by atoms with Crippen molar-refractivity contribution >= 4 is 17.3 Å². The summed E-state index contributed by atoms with van der Waals surface area (Å²) in [5.41, 5.74) is 2.13. The predicted molar refractivity (Wildman–Crippen MR) is 65.6 cm³/mol. The van der Waals surface area contributed by atoms with Gasteiger partial charge in [0.2, 0.25) is 0 Å². The zero-order valence-corrected chi connectivity index (χ0v) is 10.0. The fourth-order valence-corrected chi connectivity index (χ4v) is 1.76. The number of anilines is 1. The molecule has 1 unspecified atom stereocenters. The minimum atomic E-state index is 0.244. The van der Waals surface area contributed by atoms with Crippen molar-refractivity contribution in [3.8, 4) is 0 Å². The first-order valence-corrected chi connectivity index (χ1v) is 5.65. The third kappa shape index (κ3) is 4.10. The minimum Gasteiger partial charge on any atom is -0.396 e. The number of rotatable bonds is 5. The molecule has 0 amide bonds. The smallest absolute Gasteiger partial charge is 0.0640 e. The third-order valence-electron chi connectivity index (χ3n) is 2.32. The average Bonchev–Trinajstić information content (AvgIpc) is 2.19. The summed E-state index contributed by atoms with van der Waals surface area (Å²) in [6, 6.07) is 6.31. The molecular weight excluding hydrogens is 210 g/mol. The van der Waals surface area contributed by atoms with Crippen LogP contribution in [0.3, 0.4) is 0 Å². The first-order valence-electron chi connectivity index (χ1n) is 5.27. The Morgan fingerprint density at radius 3 is 2.80 bits per heavy atom. The summed E-state index contributed by atoms with van der Waals surface area (Å²) in [6.45, 7) is 4.35. The van der Waals surface area contributed by atoms with Gasteiger partial charge in [-0.25, -0.2) is 0 Å². The summed E-state index contributed by atoms with van der Waals surface area (Å²) in [5, 5.41) is 12.8. The molecule has 3 heteroatoms. The fourth-order valence-electron chi connectivity index (χ4n) is 1.47. The second-order valence-corrected chi connectivity index (χ2v) is 4.30. The molecule has 0 saturated carbocycles. The largest absolute Gasteiger partial charge is 0.396 e. The lowest BCUT2D eigenvalue weighted by Gasteiger charge is -2.16. The van der Waals surface area contributed by atoms with Crippen molar-refractivity contribution in [3.05, 3.63) is 28.8 Å². The molecule has 0 spiro atoms. The Morgan fingerprint density at radius 2 is 2.20 bits per heavy atom. The number of aliphatic hydroxyl groups excluding tert-OH is 1. The Bertz CT molecular complexity index is 314. The molecule has 0 saturated heterocycles. The van der Waals surface area contributed by atoms with Crippen LogP contribution in [-0.2, 0) is 0 Å². The molecule has 2 N–H and O–H groups in total. The second-order valence-electron chi connectivity index (χ2n) is 3.89. The molecule has 84 valence electrons. The third-order valence-corrected chi connectivity index (χ3v) is 2.63. The van der Waals surface area contributed by atoms with Crippen LogP contribution < -0.4 is 5.32 Å². The molecule has 0 aromatic heterocycles. The molecule has 0 bridgehead atoms. The summed E-state index contributed by atoms with van der Waals surface area (Å²) in [6.07, 6.45) is 1.76.